The Labute approximate surface area is 375 Å². The predicted molar refractivity (Wildman–Crippen MR) is 230 cm³/mol. The van der Waals surface area contributed by atoms with Gasteiger partial charge < -0.3 is 66.7 Å². The van der Waals surface area contributed by atoms with Crippen LogP contribution in [0.4, 0.5) is 0 Å². The molecule has 1 heterocycles. The van der Waals surface area contributed by atoms with Crippen LogP contribution >= 0.6 is 0 Å². The van der Waals surface area contributed by atoms with Crippen LogP contribution in [0.5, 0.6) is 17.2 Å². The Hall–Kier alpha value is -5.51. The molecule has 356 valence electrons. The number of carbonyl (C=O) groups excluding carboxylic acids is 7. The molecule has 0 radical (unpaired) electrons. The molecule has 20 heteroatoms. The average molecular weight is 912 g/mol. The number of ether oxygens (including phenoxy) is 3. The monoisotopic (exact) mass is 911 g/mol. The van der Waals surface area contributed by atoms with E-state index in [4.69, 9.17) is 19.9 Å². The molecular weight excluding hydrogens is 851 g/mol. The number of aliphatic hydroxyl groups is 3. The first-order valence-corrected chi connectivity index (χ1v) is 21.7. The van der Waals surface area contributed by atoms with Crippen LogP contribution in [0.1, 0.15) is 123 Å². The maximum absolute atomic E-state index is 14.0. The number of nitrogens with one attached hydrogen (secondary N) is 4. The Morgan fingerprint density at radius 1 is 0.892 bits per heavy atom. The van der Waals surface area contributed by atoms with Gasteiger partial charge in [-0.3, -0.25) is 33.6 Å². The number of aromatic hydroxyl groups is 2. The zero-order chi connectivity index (χ0) is 48.2. The summed E-state index contributed by atoms with van der Waals surface area (Å²) in [7, 11) is 1.29. The van der Waals surface area contributed by atoms with Crippen molar-refractivity contribution in [2.45, 2.75) is 134 Å². The summed E-state index contributed by atoms with van der Waals surface area (Å²) in [4.78, 5) is 93.9. The summed E-state index contributed by atoms with van der Waals surface area (Å²) < 4.78 is 17.6. The number of rotatable bonds is 18. The number of Topliss-reactive ketones (excluding diaryl/α,β-unsaturated/α-hetero) is 1. The molecule has 0 bridgehead atoms. The van der Waals surface area contributed by atoms with Gasteiger partial charge in [0.1, 0.15) is 53.7 Å². The van der Waals surface area contributed by atoms with Crippen LogP contribution in [0, 0.1) is 11.8 Å². The summed E-state index contributed by atoms with van der Waals surface area (Å²) in [5.74, 6) is -6.84. The molecule has 11 N–H and O–H groups in total. The molecule has 0 aromatic heterocycles. The Morgan fingerprint density at radius 2 is 1.52 bits per heavy atom. The fraction of sp³-hybridized carbons (Fsp3) is 0.578. The highest BCUT2D eigenvalue weighted by molar-refractivity contribution is 6.31. The molecule has 0 saturated carbocycles. The number of aliphatic hydroxyl groups excluding tert-OH is 2. The molecule has 2 aliphatic carbocycles. The first-order valence-electron chi connectivity index (χ1n) is 21.7. The third-order valence-corrected chi connectivity index (χ3v) is 11.9. The van der Waals surface area contributed by atoms with E-state index in [-0.39, 0.29) is 72.1 Å². The molecule has 3 aliphatic rings. The van der Waals surface area contributed by atoms with Crippen LogP contribution < -0.4 is 31.7 Å². The van der Waals surface area contributed by atoms with Crippen molar-refractivity contribution in [3.63, 3.8) is 0 Å². The van der Waals surface area contributed by atoms with E-state index in [9.17, 15) is 59.1 Å². The zero-order valence-corrected chi connectivity index (χ0v) is 37.6. The lowest BCUT2D eigenvalue weighted by atomic mass is 9.72. The van der Waals surface area contributed by atoms with Crippen LogP contribution in [0.15, 0.2) is 18.2 Å². The van der Waals surface area contributed by atoms with Crippen LogP contribution in [0.3, 0.4) is 0 Å². The Balaban J connectivity index is 1.39. The fourth-order valence-electron chi connectivity index (χ4n) is 8.62. The third kappa shape index (κ3) is 10.8. The number of carbonyl (C=O) groups is 7. The van der Waals surface area contributed by atoms with Gasteiger partial charge in [0.05, 0.1) is 42.0 Å². The van der Waals surface area contributed by atoms with Crippen LogP contribution in [-0.4, -0.2) is 135 Å². The first kappa shape index (κ1) is 50.5. The van der Waals surface area contributed by atoms with Gasteiger partial charge in [0, 0.05) is 48.9 Å². The van der Waals surface area contributed by atoms with E-state index in [0.717, 1.165) is 0 Å². The molecule has 0 spiro atoms. The molecule has 20 nitrogen and oxygen atoms in total. The molecule has 0 unspecified atom stereocenters. The number of benzene rings is 2. The van der Waals surface area contributed by atoms with Gasteiger partial charge >= 0.3 is 0 Å². The van der Waals surface area contributed by atoms with E-state index in [1.54, 1.807) is 0 Å². The van der Waals surface area contributed by atoms with Gasteiger partial charge in [-0.15, -0.1) is 0 Å². The standard InChI is InChI=1S/C45H61N5O15/c1-19(2)13-26(48-31(53)11-12-46)43(60)47-21(5)42(59)50-27(14-20(3)4)44(61)49-25-15-32(64-22(6)37(25)54)65-29-17-45(62,30(52)18-51)16-24-34(29)41(58)36-35(39(24)56)38(55)23-9-8-10-28(63-7)33(23)40(36)57/h8-10,19-22,25-27,29,32,37,51,54,56,58,62H,11-18,46H2,1-7H3,(H,47,60)(H,48,53)(H,49,61)(H,50,59)/t21-,22-,25-,26-,27-,29-,32-,37+,45-/m0/s1. The minimum Gasteiger partial charge on any atom is -0.507 e. The lowest BCUT2D eigenvalue weighted by Crippen LogP contribution is -2.60. The fourth-order valence-corrected chi connectivity index (χ4v) is 8.62. The summed E-state index contributed by atoms with van der Waals surface area (Å²) >= 11 is 0. The molecular formula is C45H61N5O15. The van der Waals surface area contributed by atoms with Crippen LogP contribution in [-0.2, 0) is 39.9 Å². The highest BCUT2D eigenvalue weighted by atomic mass is 16.7. The van der Waals surface area contributed by atoms with Gasteiger partial charge in [-0.05, 0) is 44.6 Å². The average Bonchev–Trinajstić information content (AvgIpc) is 3.24. The van der Waals surface area contributed by atoms with Gasteiger partial charge in [0.25, 0.3) is 0 Å². The van der Waals surface area contributed by atoms with E-state index in [1.807, 2.05) is 27.7 Å². The summed E-state index contributed by atoms with van der Waals surface area (Å²) in [6, 6.07) is -0.0960. The van der Waals surface area contributed by atoms with E-state index in [1.165, 1.54) is 39.2 Å². The SMILES string of the molecule is COc1cccc2c1C(=O)c1c(O)c3c(c(O)c1C2=O)C[C@@](O)(C(=O)CO)C[C@@H]3O[C@H]1C[C@H](NC(=O)[C@H](CC(C)C)NC(=O)[C@H](C)NC(=O)[C@H](CC(C)C)NC(=O)CCN)[C@H](O)[C@H](C)O1. The molecule has 1 aliphatic heterocycles. The van der Waals surface area contributed by atoms with Crippen molar-refractivity contribution in [2.75, 3.05) is 20.3 Å². The quantitative estimate of drug-likeness (QED) is 0.0756. The minimum absolute atomic E-state index is 0.00808. The van der Waals surface area contributed by atoms with Crippen LogP contribution in [0.2, 0.25) is 0 Å². The Morgan fingerprint density at radius 3 is 2.12 bits per heavy atom. The number of nitrogens with two attached hydrogens (primary N) is 1. The topological polar surface area (TPSA) is 322 Å². The van der Waals surface area contributed by atoms with Crippen molar-refractivity contribution in [2.24, 2.45) is 17.6 Å². The lowest BCUT2D eigenvalue weighted by Gasteiger charge is -2.43. The van der Waals surface area contributed by atoms with E-state index < -0.39 is 137 Å². The molecule has 4 amide bonds. The smallest absolute Gasteiger partial charge is 0.243 e. The molecule has 9 atom stereocenters. The van der Waals surface area contributed by atoms with Gasteiger partial charge in [0.2, 0.25) is 29.4 Å². The normalized spacial score (nSPS) is 23.9. The number of hydrogen-bond donors (Lipinski definition) is 10. The highest BCUT2D eigenvalue weighted by Gasteiger charge is 2.50. The number of phenolic OH excluding ortho intramolecular Hbond substituents is 2. The van der Waals surface area contributed by atoms with Crippen molar-refractivity contribution in [3.8, 4) is 17.2 Å². The molecule has 1 fully saturated rings. The van der Waals surface area contributed by atoms with Crippen molar-refractivity contribution in [3.05, 3.63) is 51.6 Å². The van der Waals surface area contributed by atoms with Crippen LogP contribution in [0.25, 0.3) is 0 Å². The number of methoxy groups -OCH3 is 1. The highest BCUT2D eigenvalue weighted by Crippen LogP contribution is 2.52. The maximum Gasteiger partial charge on any atom is 0.243 e. The lowest BCUT2D eigenvalue weighted by molar-refractivity contribution is -0.249. The second kappa shape index (κ2) is 20.8. The second-order valence-electron chi connectivity index (χ2n) is 17.8. The van der Waals surface area contributed by atoms with Crippen molar-refractivity contribution in [1.29, 1.82) is 0 Å². The Bertz CT molecular complexity index is 2200. The minimum atomic E-state index is -2.41. The van der Waals surface area contributed by atoms with Gasteiger partial charge in [-0.2, -0.15) is 0 Å². The maximum atomic E-state index is 14.0. The van der Waals surface area contributed by atoms with E-state index >= 15 is 0 Å². The molecule has 1 saturated heterocycles. The number of phenols is 2. The zero-order valence-electron chi connectivity index (χ0n) is 37.6. The van der Waals surface area contributed by atoms with E-state index in [0.29, 0.717) is 0 Å². The van der Waals surface area contributed by atoms with E-state index in [2.05, 4.69) is 21.3 Å². The van der Waals surface area contributed by atoms with Crippen molar-refractivity contribution < 1.29 is 73.3 Å². The summed E-state index contributed by atoms with van der Waals surface area (Å²) in [5.41, 5.74) is 1.12. The molecule has 2 aromatic rings. The number of ketones is 3. The van der Waals surface area contributed by atoms with Gasteiger partial charge in [0.15, 0.2) is 17.9 Å². The largest absolute Gasteiger partial charge is 0.507 e. The number of fused-ring (bicyclic) bond motifs is 3. The number of hydrogen-bond acceptors (Lipinski definition) is 16. The summed E-state index contributed by atoms with van der Waals surface area (Å²) in [6.07, 6.45) is -6.45. The second-order valence-corrected chi connectivity index (χ2v) is 17.8. The summed E-state index contributed by atoms with van der Waals surface area (Å²) in [6.45, 7) is 9.25. The third-order valence-electron chi connectivity index (χ3n) is 11.9. The molecule has 2 aromatic carbocycles. The summed E-state index contributed by atoms with van der Waals surface area (Å²) in [5, 5.41) is 67.0. The molecule has 65 heavy (non-hydrogen) atoms. The predicted octanol–water partition coefficient (Wildman–Crippen LogP) is 0.0741. The van der Waals surface area contributed by atoms with Gasteiger partial charge in [-0.1, -0.05) is 39.8 Å². The Kier molecular flexibility index (Phi) is 16.1. The van der Waals surface area contributed by atoms with Crippen molar-refractivity contribution in [1.82, 2.24) is 21.3 Å². The van der Waals surface area contributed by atoms with Gasteiger partial charge in [-0.25, -0.2) is 0 Å². The molecule has 5 rings (SSSR count). The number of amides is 4. The first-order chi connectivity index (χ1) is 30.6. The van der Waals surface area contributed by atoms with Crippen molar-refractivity contribution >= 4 is 41.0 Å².